The maximum absolute atomic E-state index is 5.41. The second-order valence-electron chi connectivity index (χ2n) is 3.75. The molecule has 0 N–H and O–H groups in total. The highest BCUT2D eigenvalue weighted by Crippen LogP contribution is 2.27. The van der Waals surface area contributed by atoms with Crippen LogP contribution >= 0.6 is 0 Å². The molecule has 1 nitrogen and oxygen atoms in total. The molecule has 12 heavy (non-hydrogen) atoms. The lowest BCUT2D eigenvalue weighted by Crippen LogP contribution is -2.09. The third-order valence-electron chi connectivity index (χ3n) is 2.15. The van der Waals surface area contributed by atoms with Gasteiger partial charge in [-0.3, -0.25) is 0 Å². The van der Waals surface area contributed by atoms with Crippen LogP contribution in [0, 0.1) is 5.92 Å². The molecule has 0 aliphatic heterocycles. The van der Waals surface area contributed by atoms with E-state index >= 15 is 0 Å². The monoisotopic (exact) mass is 166 g/mol. The Hall–Kier alpha value is -0.720. The summed E-state index contributed by atoms with van der Waals surface area (Å²) >= 11 is 0. The molecule has 1 atom stereocenters. The van der Waals surface area contributed by atoms with Crippen LogP contribution in [0.1, 0.15) is 33.1 Å². The van der Waals surface area contributed by atoms with E-state index in [9.17, 15) is 0 Å². The van der Waals surface area contributed by atoms with Crippen LogP contribution in [-0.4, -0.2) is 6.10 Å². The molecular formula is C11H18O. The molecule has 0 spiro atoms. The van der Waals surface area contributed by atoms with Gasteiger partial charge >= 0.3 is 0 Å². The van der Waals surface area contributed by atoms with Gasteiger partial charge in [-0.05, 0) is 30.8 Å². The van der Waals surface area contributed by atoms with E-state index in [2.05, 4.69) is 26.5 Å². The van der Waals surface area contributed by atoms with Crippen molar-refractivity contribution in [3.63, 3.8) is 0 Å². The highest BCUT2D eigenvalue weighted by atomic mass is 16.5. The minimum absolute atomic E-state index is 0.324. The zero-order valence-corrected chi connectivity index (χ0v) is 8.05. The predicted octanol–water partition coefficient (Wildman–Crippen LogP) is 3.28. The molecule has 68 valence electrons. The molecule has 0 fully saturated rings. The lowest BCUT2D eigenvalue weighted by molar-refractivity contribution is 0.172. The summed E-state index contributed by atoms with van der Waals surface area (Å²) in [5.41, 5.74) is 1.46. The van der Waals surface area contributed by atoms with Gasteiger partial charge in [-0.25, -0.2) is 0 Å². The van der Waals surface area contributed by atoms with E-state index in [1.54, 1.807) is 6.26 Å². The molecule has 0 saturated carbocycles. The molecule has 0 amide bonds. The molecule has 0 aromatic carbocycles. The normalized spacial score (nSPS) is 22.6. The molecule has 1 heteroatoms. The Morgan fingerprint density at radius 2 is 2.50 bits per heavy atom. The van der Waals surface area contributed by atoms with Crippen LogP contribution < -0.4 is 0 Å². The predicted molar refractivity (Wildman–Crippen MR) is 51.8 cm³/mol. The van der Waals surface area contributed by atoms with E-state index in [1.165, 1.54) is 18.4 Å². The third kappa shape index (κ3) is 2.40. The van der Waals surface area contributed by atoms with Crippen molar-refractivity contribution in [1.29, 1.82) is 0 Å². The zero-order valence-electron chi connectivity index (χ0n) is 8.05. The van der Waals surface area contributed by atoms with Crippen LogP contribution in [0.15, 0.2) is 24.5 Å². The Balaban J connectivity index is 2.44. The first kappa shape index (κ1) is 9.37. The summed E-state index contributed by atoms with van der Waals surface area (Å²) in [5, 5.41) is 0. The molecule has 1 aliphatic carbocycles. The fraction of sp³-hybridized carbons (Fsp3) is 0.636. The first-order valence-electron chi connectivity index (χ1n) is 4.69. The van der Waals surface area contributed by atoms with Crippen LogP contribution in [0.4, 0.5) is 0 Å². The maximum Gasteiger partial charge on any atom is 0.119 e. The Morgan fingerprint density at radius 3 is 3.08 bits per heavy atom. The molecule has 0 aromatic rings. The van der Waals surface area contributed by atoms with Gasteiger partial charge in [0.05, 0.1) is 6.26 Å². The molecule has 0 heterocycles. The first-order chi connectivity index (χ1) is 5.74. The Labute approximate surface area is 75.1 Å². The van der Waals surface area contributed by atoms with Gasteiger partial charge in [-0.2, -0.15) is 0 Å². The van der Waals surface area contributed by atoms with E-state index in [-0.39, 0.29) is 0 Å². The first-order valence-corrected chi connectivity index (χ1v) is 4.69. The molecule has 0 radical (unpaired) electrons. The number of ether oxygens (including phenoxy) is 1. The van der Waals surface area contributed by atoms with Crippen molar-refractivity contribution in [2.45, 2.75) is 39.2 Å². The lowest BCUT2D eigenvalue weighted by atomic mass is 10.0. The summed E-state index contributed by atoms with van der Waals surface area (Å²) in [6.07, 6.45) is 7.66. The van der Waals surface area contributed by atoms with Crippen LogP contribution in [0.25, 0.3) is 0 Å². The van der Waals surface area contributed by atoms with Gasteiger partial charge in [0.2, 0.25) is 0 Å². The van der Waals surface area contributed by atoms with Crippen molar-refractivity contribution in [3.8, 4) is 0 Å². The summed E-state index contributed by atoms with van der Waals surface area (Å²) in [5.74, 6) is 0.727. The van der Waals surface area contributed by atoms with Crippen molar-refractivity contribution in [1.82, 2.24) is 0 Å². The van der Waals surface area contributed by atoms with E-state index in [4.69, 9.17) is 4.74 Å². The van der Waals surface area contributed by atoms with Crippen molar-refractivity contribution >= 4 is 0 Å². The van der Waals surface area contributed by atoms with Gasteiger partial charge in [-0.15, -0.1) is 0 Å². The summed E-state index contributed by atoms with van der Waals surface area (Å²) in [7, 11) is 0. The van der Waals surface area contributed by atoms with Crippen LogP contribution in [0.2, 0.25) is 0 Å². The fourth-order valence-electron chi connectivity index (χ4n) is 1.69. The van der Waals surface area contributed by atoms with E-state index in [0.29, 0.717) is 6.10 Å². The summed E-state index contributed by atoms with van der Waals surface area (Å²) < 4.78 is 5.41. The third-order valence-corrected chi connectivity index (χ3v) is 2.15. The van der Waals surface area contributed by atoms with Gasteiger partial charge in [0, 0.05) is 0 Å². The highest BCUT2D eigenvalue weighted by Gasteiger charge is 2.19. The molecule has 1 rings (SSSR count). The summed E-state index contributed by atoms with van der Waals surface area (Å²) in [4.78, 5) is 0. The second-order valence-corrected chi connectivity index (χ2v) is 3.75. The standard InChI is InChI=1S/C11H18O/c1-4-12-11-7-5-6-10(11)8-9(2)3/h4,6,9,11H,1,5,7-8H2,2-3H3. The molecule has 0 bridgehead atoms. The van der Waals surface area contributed by atoms with Gasteiger partial charge < -0.3 is 4.74 Å². The SMILES string of the molecule is C=COC1CCC=C1CC(C)C. The van der Waals surface area contributed by atoms with E-state index in [1.807, 2.05) is 0 Å². The Bertz CT molecular complexity index is 179. The van der Waals surface area contributed by atoms with Crippen LogP contribution in [-0.2, 0) is 4.74 Å². The van der Waals surface area contributed by atoms with Gasteiger partial charge in [0.1, 0.15) is 6.10 Å². The number of allylic oxidation sites excluding steroid dienone is 1. The number of hydrogen-bond donors (Lipinski definition) is 0. The quantitative estimate of drug-likeness (QED) is 0.460. The van der Waals surface area contributed by atoms with Gasteiger partial charge in [0.25, 0.3) is 0 Å². The molecule has 0 saturated heterocycles. The molecule has 1 aliphatic rings. The number of rotatable bonds is 4. The molecular weight excluding hydrogens is 148 g/mol. The Morgan fingerprint density at radius 1 is 1.75 bits per heavy atom. The summed E-state index contributed by atoms with van der Waals surface area (Å²) in [6, 6.07) is 0. The highest BCUT2D eigenvalue weighted by molar-refractivity contribution is 5.15. The Kier molecular flexibility index (Phi) is 3.39. The summed E-state index contributed by atoms with van der Waals surface area (Å²) in [6.45, 7) is 8.07. The van der Waals surface area contributed by atoms with Crippen molar-refractivity contribution in [2.75, 3.05) is 0 Å². The average Bonchev–Trinajstić information content (AvgIpc) is 2.37. The minimum Gasteiger partial charge on any atom is -0.494 e. The maximum atomic E-state index is 5.41. The van der Waals surface area contributed by atoms with E-state index in [0.717, 1.165) is 12.3 Å². The van der Waals surface area contributed by atoms with Crippen LogP contribution in [0.5, 0.6) is 0 Å². The molecule has 1 unspecified atom stereocenters. The number of hydrogen-bond acceptors (Lipinski definition) is 1. The largest absolute Gasteiger partial charge is 0.494 e. The van der Waals surface area contributed by atoms with Crippen molar-refractivity contribution in [3.05, 3.63) is 24.5 Å². The minimum atomic E-state index is 0.324. The average molecular weight is 166 g/mol. The van der Waals surface area contributed by atoms with Crippen LogP contribution in [0.3, 0.4) is 0 Å². The van der Waals surface area contributed by atoms with Gasteiger partial charge in [-0.1, -0.05) is 26.5 Å². The van der Waals surface area contributed by atoms with E-state index < -0.39 is 0 Å². The van der Waals surface area contributed by atoms with Gasteiger partial charge in [0.15, 0.2) is 0 Å². The second kappa shape index (κ2) is 4.34. The lowest BCUT2D eigenvalue weighted by Gasteiger charge is -2.15. The fourth-order valence-corrected chi connectivity index (χ4v) is 1.69. The van der Waals surface area contributed by atoms with Crippen molar-refractivity contribution < 1.29 is 4.74 Å². The molecule has 0 aromatic heterocycles. The van der Waals surface area contributed by atoms with Crippen molar-refractivity contribution in [2.24, 2.45) is 5.92 Å². The zero-order chi connectivity index (χ0) is 8.97. The smallest absolute Gasteiger partial charge is 0.119 e. The topological polar surface area (TPSA) is 9.23 Å².